The van der Waals surface area contributed by atoms with Gasteiger partial charge in [0.2, 0.25) is 0 Å². The van der Waals surface area contributed by atoms with Crippen LogP contribution in [0.1, 0.15) is 16.8 Å². The molecule has 2 aliphatic rings. The van der Waals surface area contributed by atoms with Crippen molar-refractivity contribution in [1.82, 2.24) is 15.2 Å². The molecule has 98 valence electrons. The van der Waals surface area contributed by atoms with Crippen LogP contribution in [-0.4, -0.2) is 41.5 Å². The van der Waals surface area contributed by atoms with Gasteiger partial charge in [-0.1, -0.05) is 0 Å². The summed E-state index contributed by atoms with van der Waals surface area (Å²) in [5.41, 5.74) is 2.08. The molecule has 1 aromatic heterocycles. The van der Waals surface area contributed by atoms with Gasteiger partial charge in [-0.15, -0.1) is 0 Å². The van der Waals surface area contributed by atoms with Crippen molar-refractivity contribution in [3.8, 4) is 0 Å². The first-order valence-electron chi connectivity index (χ1n) is 6.66. The number of hydrogen-bond donors (Lipinski definition) is 1. The lowest BCUT2D eigenvalue weighted by Crippen LogP contribution is -2.43. The largest absolute Gasteiger partial charge is 0.443 e. The second kappa shape index (κ2) is 4.06. The molecule has 2 aliphatic heterocycles. The predicted molar refractivity (Wildman–Crippen MR) is 69.8 cm³/mol. The third-order valence-corrected chi connectivity index (χ3v) is 4.24. The summed E-state index contributed by atoms with van der Waals surface area (Å²) in [5.74, 6) is 0.606. The Bertz CT molecular complexity index is 636. The average molecular weight is 257 g/mol. The summed E-state index contributed by atoms with van der Waals surface area (Å²) in [7, 11) is 0. The molecule has 2 bridgehead atoms. The maximum Gasteiger partial charge on any atom is 0.251 e. The highest BCUT2D eigenvalue weighted by molar-refractivity contribution is 5.97. The molecule has 0 radical (unpaired) electrons. The minimum absolute atomic E-state index is 0.0166. The van der Waals surface area contributed by atoms with Crippen LogP contribution in [0.25, 0.3) is 11.1 Å². The smallest absolute Gasteiger partial charge is 0.251 e. The lowest BCUT2D eigenvalue weighted by atomic mass is 9.99. The topological polar surface area (TPSA) is 58.4 Å². The molecule has 0 aliphatic carbocycles. The van der Waals surface area contributed by atoms with Crippen molar-refractivity contribution in [2.45, 2.75) is 12.5 Å². The van der Waals surface area contributed by atoms with Gasteiger partial charge in [0, 0.05) is 24.7 Å². The number of rotatable bonds is 2. The van der Waals surface area contributed by atoms with Crippen LogP contribution in [0.3, 0.4) is 0 Å². The Balaban J connectivity index is 1.53. The lowest BCUT2D eigenvalue weighted by Gasteiger charge is -2.23. The summed E-state index contributed by atoms with van der Waals surface area (Å²) in [6.07, 6.45) is 2.60. The fraction of sp³-hybridized carbons (Fsp3) is 0.429. The van der Waals surface area contributed by atoms with E-state index in [1.165, 1.54) is 19.4 Å². The van der Waals surface area contributed by atoms with E-state index in [1.807, 2.05) is 6.07 Å². The average Bonchev–Trinajstić information content (AvgIpc) is 3.13. The molecule has 5 nitrogen and oxygen atoms in total. The van der Waals surface area contributed by atoms with Crippen molar-refractivity contribution in [1.29, 1.82) is 0 Å². The number of fused-ring (bicyclic) bond motifs is 3. The zero-order chi connectivity index (χ0) is 12.8. The quantitative estimate of drug-likeness (QED) is 0.880. The van der Waals surface area contributed by atoms with E-state index in [1.54, 1.807) is 12.1 Å². The van der Waals surface area contributed by atoms with Gasteiger partial charge in [0.05, 0.1) is 0 Å². The number of amides is 1. The van der Waals surface area contributed by atoms with Crippen molar-refractivity contribution in [3.05, 3.63) is 30.2 Å². The second-order valence-electron chi connectivity index (χ2n) is 5.42. The van der Waals surface area contributed by atoms with Gasteiger partial charge in [-0.2, -0.15) is 0 Å². The first kappa shape index (κ1) is 11.0. The number of aromatic nitrogens is 1. The molecule has 19 heavy (non-hydrogen) atoms. The van der Waals surface area contributed by atoms with Gasteiger partial charge in [0.25, 0.3) is 5.91 Å². The number of nitrogens with zero attached hydrogens (tertiary/aromatic N) is 2. The number of hydrogen-bond acceptors (Lipinski definition) is 4. The highest BCUT2D eigenvalue weighted by Crippen LogP contribution is 2.28. The standard InChI is InChI=1S/C14H15N3O2/c18-14(16-12-7-17-4-3-10(12)6-17)9-1-2-11-13(5-9)19-8-15-11/h1-2,5,8,10,12H,3-4,6-7H2,(H,16,18). The molecule has 1 N–H and O–H groups in total. The second-order valence-corrected chi connectivity index (χ2v) is 5.42. The monoisotopic (exact) mass is 257 g/mol. The molecule has 3 heterocycles. The molecular weight excluding hydrogens is 242 g/mol. The van der Waals surface area contributed by atoms with Crippen LogP contribution in [-0.2, 0) is 0 Å². The molecule has 3 unspecified atom stereocenters. The van der Waals surface area contributed by atoms with E-state index < -0.39 is 0 Å². The maximum atomic E-state index is 12.3. The van der Waals surface area contributed by atoms with Gasteiger partial charge in [-0.05, 0) is 37.1 Å². The Hall–Kier alpha value is -1.88. The number of oxazole rings is 1. The van der Waals surface area contributed by atoms with Crippen molar-refractivity contribution in [2.24, 2.45) is 5.92 Å². The van der Waals surface area contributed by atoms with Crippen molar-refractivity contribution >= 4 is 17.0 Å². The van der Waals surface area contributed by atoms with Gasteiger partial charge in [0.15, 0.2) is 12.0 Å². The van der Waals surface area contributed by atoms with E-state index in [4.69, 9.17) is 4.42 Å². The van der Waals surface area contributed by atoms with E-state index in [-0.39, 0.29) is 5.91 Å². The first-order valence-corrected chi connectivity index (χ1v) is 6.66. The number of benzene rings is 1. The van der Waals surface area contributed by atoms with Crippen LogP contribution in [0, 0.1) is 5.92 Å². The van der Waals surface area contributed by atoms with E-state index in [0.29, 0.717) is 23.1 Å². The minimum Gasteiger partial charge on any atom is -0.443 e. The summed E-state index contributed by atoms with van der Waals surface area (Å²) in [6.45, 7) is 3.30. The molecule has 0 saturated carbocycles. The summed E-state index contributed by atoms with van der Waals surface area (Å²) >= 11 is 0. The number of carbonyl (C=O) groups is 1. The molecule has 2 fully saturated rings. The molecule has 1 amide bonds. The summed E-state index contributed by atoms with van der Waals surface area (Å²) < 4.78 is 5.23. The zero-order valence-electron chi connectivity index (χ0n) is 10.5. The van der Waals surface area contributed by atoms with Gasteiger partial charge in [-0.25, -0.2) is 4.98 Å². The molecule has 3 atom stereocenters. The molecule has 5 heteroatoms. The third-order valence-electron chi connectivity index (χ3n) is 4.24. The minimum atomic E-state index is -0.0166. The van der Waals surface area contributed by atoms with Crippen LogP contribution < -0.4 is 5.32 Å². The van der Waals surface area contributed by atoms with Gasteiger partial charge < -0.3 is 14.6 Å². The van der Waals surface area contributed by atoms with Crippen LogP contribution in [0.4, 0.5) is 0 Å². The Morgan fingerprint density at radius 2 is 2.37 bits per heavy atom. The van der Waals surface area contributed by atoms with Gasteiger partial charge >= 0.3 is 0 Å². The Labute approximate surface area is 110 Å². The Morgan fingerprint density at radius 3 is 3.16 bits per heavy atom. The summed E-state index contributed by atoms with van der Waals surface area (Å²) in [4.78, 5) is 18.7. The van der Waals surface area contributed by atoms with Crippen LogP contribution in [0.5, 0.6) is 0 Å². The van der Waals surface area contributed by atoms with E-state index in [2.05, 4.69) is 15.2 Å². The van der Waals surface area contributed by atoms with Crippen LogP contribution in [0.15, 0.2) is 29.0 Å². The summed E-state index contributed by atoms with van der Waals surface area (Å²) in [6, 6.07) is 5.67. The fourth-order valence-electron chi connectivity index (χ4n) is 3.20. The van der Waals surface area contributed by atoms with Gasteiger partial charge in [-0.3, -0.25) is 4.79 Å². The highest BCUT2D eigenvalue weighted by Gasteiger charge is 2.38. The van der Waals surface area contributed by atoms with E-state index in [9.17, 15) is 4.79 Å². The Morgan fingerprint density at radius 1 is 1.42 bits per heavy atom. The Kier molecular flexibility index (Phi) is 2.35. The maximum absolute atomic E-state index is 12.3. The summed E-state index contributed by atoms with van der Waals surface area (Å²) in [5, 5.41) is 3.14. The van der Waals surface area contributed by atoms with Crippen molar-refractivity contribution < 1.29 is 9.21 Å². The molecule has 0 spiro atoms. The zero-order valence-corrected chi connectivity index (χ0v) is 10.5. The van der Waals surface area contributed by atoms with E-state index in [0.717, 1.165) is 18.6 Å². The molecule has 2 saturated heterocycles. The lowest BCUT2D eigenvalue weighted by molar-refractivity contribution is 0.0924. The molecule has 2 aromatic rings. The van der Waals surface area contributed by atoms with Crippen LogP contribution in [0.2, 0.25) is 0 Å². The fourth-order valence-corrected chi connectivity index (χ4v) is 3.20. The van der Waals surface area contributed by atoms with Crippen molar-refractivity contribution in [2.75, 3.05) is 19.6 Å². The molecule has 4 rings (SSSR count). The molecule has 1 aromatic carbocycles. The van der Waals surface area contributed by atoms with Gasteiger partial charge in [0.1, 0.15) is 5.52 Å². The first-order chi connectivity index (χ1) is 9.29. The third kappa shape index (κ3) is 1.81. The SMILES string of the molecule is O=C(NC1CN2CCC1C2)c1ccc2ncoc2c1. The number of carbonyl (C=O) groups excluding carboxylic acids is 1. The predicted octanol–water partition coefficient (Wildman–Crippen LogP) is 1.26. The highest BCUT2D eigenvalue weighted by atomic mass is 16.3. The van der Waals surface area contributed by atoms with Crippen LogP contribution >= 0.6 is 0 Å². The number of nitrogens with one attached hydrogen (secondary N) is 1. The normalized spacial score (nSPS) is 28.9. The van der Waals surface area contributed by atoms with E-state index >= 15 is 0 Å². The number of piperidine rings is 1. The van der Waals surface area contributed by atoms with Crippen molar-refractivity contribution in [3.63, 3.8) is 0 Å². The molecular formula is C14H15N3O2.